The van der Waals surface area contributed by atoms with Crippen molar-refractivity contribution < 1.29 is 0 Å². The lowest BCUT2D eigenvalue weighted by molar-refractivity contribution is 0.361. The van der Waals surface area contributed by atoms with E-state index in [1.807, 2.05) is 12.1 Å². The predicted molar refractivity (Wildman–Crippen MR) is 79.2 cm³/mol. The average molecular weight is 337 g/mol. The fraction of sp³-hybridized carbons (Fsp3) is 0.538. The molecule has 1 aliphatic carbocycles. The summed E-state index contributed by atoms with van der Waals surface area (Å²) in [5, 5.41) is 4.85. The van der Waals surface area contributed by atoms with E-state index in [0.717, 1.165) is 16.1 Å². The van der Waals surface area contributed by atoms with Gasteiger partial charge in [0.2, 0.25) is 0 Å². The number of hydrogen-bond donors (Lipinski definition) is 1. The van der Waals surface area contributed by atoms with E-state index in [4.69, 9.17) is 23.2 Å². The van der Waals surface area contributed by atoms with E-state index >= 15 is 0 Å². The summed E-state index contributed by atoms with van der Waals surface area (Å²) in [5.41, 5.74) is 0.871. The third-order valence-corrected chi connectivity index (χ3v) is 4.43. The molecule has 0 bridgehead atoms. The maximum absolute atomic E-state index is 6.21. The van der Waals surface area contributed by atoms with Crippen molar-refractivity contribution in [2.24, 2.45) is 5.92 Å². The summed E-state index contributed by atoms with van der Waals surface area (Å²) in [6.45, 7) is 2.32. The van der Waals surface area contributed by atoms with Gasteiger partial charge >= 0.3 is 0 Å². The summed E-state index contributed by atoms with van der Waals surface area (Å²) >= 11 is 15.8. The SMILES string of the molecule is CC1CCC(Nc2c(Cl)cc(Br)cc2Cl)CC1. The van der Waals surface area contributed by atoms with Gasteiger partial charge in [0.15, 0.2) is 0 Å². The number of benzene rings is 1. The highest BCUT2D eigenvalue weighted by molar-refractivity contribution is 9.10. The molecule has 0 saturated heterocycles. The summed E-state index contributed by atoms with van der Waals surface area (Å²) in [5.74, 6) is 0.851. The quantitative estimate of drug-likeness (QED) is 0.725. The lowest BCUT2D eigenvalue weighted by Crippen LogP contribution is -2.25. The van der Waals surface area contributed by atoms with Crippen LogP contribution < -0.4 is 5.32 Å². The largest absolute Gasteiger partial charge is 0.380 e. The smallest absolute Gasteiger partial charge is 0.0721 e. The lowest BCUT2D eigenvalue weighted by atomic mass is 9.87. The Labute approximate surface area is 121 Å². The fourth-order valence-electron chi connectivity index (χ4n) is 2.29. The third kappa shape index (κ3) is 3.52. The molecule has 0 atom stereocenters. The molecule has 1 fully saturated rings. The van der Waals surface area contributed by atoms with Gasteiger partial charge in [-0.15, -0.1) is 0 Å². The Kier molecular flexibility index (Phi) is 4.62. The Morgan fingerprint density at radius 2 is 1.65 bits per heavy atom. The maximum Gasteiger partial charge on any atom is 0.0721 e. The molecule has 0 aliphatic heterocycles. The van der Waals surface area contributed by atoms with Crippen molar-refractivity contribution in [3.05, 3.63) is 26.7 Å². The Hall–Kier alpha value is 0.0800. The Morgan fingerprint density at radius 1 is 1.12 bits per heavy atom. The molecule has 1 aromatic rings. The molecular weight excluding hydrogens is 321 g/mol. The highest BCUT2D eigenvalue weighted by Gasteiger charge is 2.19. The number of hydrogen-bond acceptors (Lipinski definition) is 1. The van der Waals surface area contributed by atoms with E-state index in [2.05, 4.69) is 28.2 Å². The van der Waals surface area contributed by atoms with Crippen LogP contribution in [-0.4, -0.2) is 6.04 Å². The summed E-state index contributed by atoms with van der Waals surface area (Å²) in [7, 11) is 0. The first-order chi connectivity index (χ1) is 8.06. The molecule has 0 spiro atoms. The zero-order valence-electron chi connectivity index (χ0n) is 9.77. The first-order valence-electron chi connectivity index (χ1n) is 5.97. The zero-order chi connectivity index (χ0) is 12.4. The summed E-state index contributed by atoms with van der Waals surface area (Å²) in [4.78, 5) is 0. The first-order valence-corrected chi connectivity index (χ1v) is 7.52. The molecule has 1 nitrogen and oxygen atoms in total. The summed E-state index contributed by atoms with van der Waals surface area (Å²) in [6, 6.07) is 4.25. The van der Waals surface area contributed by atoms with Crippen LogP contribution in [0.5, 0.6) is 0 Å². The van der Waals surface area contributed by atoms with Crippen molar-refractivity contribution in [2.75, 3.05) is 5.32 Å². The van der Waals surface area contributed by atoms with Crippen molar-refractivity contribution in [2.45, 2.75) is 38.6 Å². The van der Waals surface area contributed by atoms with Crippen molar-refractivity contribution in [3.8, 4) is 0 Å². The standard InChI is InChI=1S/C13H16BrCl2N/c1-8-2-4-10(5-3-8)17-13-11(15)6-9(14)7-12(13)16/h6-8,10,17H,2-5H2,1H3. The van der Waals surface area contributed by atoms with E-state index in [1.54, 1.807) is 0 Å². The predicted octanol–water partition coefficient (Wildman–Crippen LogP) is 5.75. The fourth-order valence-corrected chi connectivity index (χ4v) is 3.61. The minimum absolute atomic E-state index is 0.502. The van der Waals surface area contributed by atoms with Crippen molar-refractivity contribution in [1.82, 2.24) is 0 Å². The van der Waals surface area contributed by atoms with Crippen LogP contribution in [0.4, 0.5) is 5.69 Å². The second-order valence-corrected chi connectivity index (χ2v) is 6.58. The van der Waals surface area contributed by atoms with Gasteiger partial charge < -0.3 is 5.32 Å². The molecule has 0 unspecified atom stereocenters. The van der Waals surface area contributed by atoms with Crippen LogP contribution in [-0.2, 0) is 0 Å². The minimum Gasteiger partial charge on any atom is -0.380 e. The number of rotatable bonds is 2. The topological polar surface area (TPSA) is 12.0 Å². The molecule has 1 aliphatic rings. The van der Waals surface area contributed by atoms with Crippen molar-refractivity contribution in [3.63, 3.8) is 0 Å². The molecule has 0 heterocycles. The molecule has 94 valence electrons. The highest BCUT2D eigenvalue weighted by atomic mass is 79.9. The normalized spacial score (nSPS) is 24.7. The van der Waals surface area contributed by atoms with Crippen molar-refractivity contribution >= 4 is 44.8 Å². The van der Waals surface area contributed by atoms with E-state index < -0.39 is 0 Å². The van der Waals surface area contributed by atoms with Gasteiger partial charge in [-0.3, -0.25) is 0 Å². The summed E-state index contributed by atoms with van der Waals surface area (Å²) < 4.78 is 0.912. The Bertz CT molecular complexity index is 377. The van der Waals surface area contributed by atoms with Gasteiger partial charge in [0.1, 0.15) is 0 Å². The van der Waals surface area contributed by atoms with Crippen LogP contribution in [0.25, 0.3) is 0 Å². The Morgan fingerprint density at radius 3 is 2.18 bits per heavy atom. The average Bonchev–Trinajstić information content (AvgIpc) is 2.26. The zero-order valence-corrected chi connectivity index (χ0v) is 12.9. The van der Waals surface area contributed by atoms with E-state index in [-0.39, 0.29) is 0 Å². The molecule has 0 amide bonds. The van der Waals surface area contributed by atoms with Crippen LogP contribution in [0.15, 0.2) is 16.6 Å². The second-order valence-electron chi connectivity index (χ2n) is 4.85. The minimum atomic E-state index is 0.502. The number of anilines is 1. The van der Waals surface area contributed by atoms with E-state index in [0.29, 0.717) is 16.1 Å². The lowest BCUT2D eigenvalue weighted by Gasteiger charge is -2.28. The number of nitrogens with one attached hydrogen (secondary N) is 1. The van der Waals surface area contributed by atoms with E-state index in [9.17, 15) is 0 Å². The van der Waals surface area contributed by atoms with Crippen LogP contribution in [0, 0.1) is 5.92 Å². The molecule has 4 heteroatoms. The van der Waals surface area contributed by atoms with Gasteiger partial charge in [-0.05, 0) is 43.7 Å². The number of halogens is 3. The molecular formula is C13H16BrCl2N. The van der Waals surface area contributed by atoms with Gasteiger partial charge in [-0.1, -0.05) is 46.1 Å². The van der Waals surface area contributed by atoms with Crippen LogP contribution in [0.3, 0.4) is 0 Å². The molecule has 17 heavy (non-hydrogen) atoms. The molecule has 1 aromatic carbocycles. The third-order valence-electron chi connectivity index (χ3n) is 3.37. The maximum atomic E-state index is 6.21. The monoisotopic (exact) mass is 335 g/mol. The van der Waals surface area contributed by atoms with E-state index in [1.165, 1.54) is 25.7 Å². The van der Waals surface area contributed by atoms with Gasteiger partial charge in [-0.25, -0.2) is 0 Å². The first kappa shape index (κ1) is 13.5. The van der Waals surface area contributed by atoms with Crippen LogP contribution >= 0.6 is 39.1 Å². The summed E-state index contributed by atoms with van der Waals surface area (Å²) in [6.07, 6.45) is 4.96. The van der Waals surface area contributed by atoms with Gasteiger partial charge in [0, 0.05) is 10.5 Å². The van der Waals surface area contributed by atoms with Gasteiger partial charge in [0.25, 0.3) is 0 Å². The van der Waals surface area contributed by atoms with Crippen molar-refractivity contribution in [1.29, 1.82) is 0 Å². The molecule has 1 N–H and O–H groups in total. The molecule has 0 aromatic heterocycles. The molecule has 1 saturated carbocycles. The van der Waals surface area contributed by atoms with Gasteiger partial charge in [-0.2, -0.15) is 0 Å². The molecule has 0 radical (unpaired) electrons. The van der Waals surface area contributed by atoms with Crippen LogP contribution in [0.2, 0.25) is 10.0 Å². The van der Waals surface area contributed by atoms with Crippen LogP contribution in [0.1, 0.15) is 32.6 Å². The Balaban J connectivity index is 2.08. The molecule has 2 rings (SSSR count). The second kappa shape index (κ2) is 5.81. The highest BCUT2D eigenvalue weighted by Crippen LogP contribution is 2.36. The van der Waals surface area contributed by atoms with Gasteiger partial charge in [0.05, 0.1) is 15.7 Å².